The highest BCUT2D eigenvalue weighted by molar-refractivity contribution is 5.68. The maximum absolute atomic E-state index is 12.0. The summed E-state index contributed by atoms with van der Waals surface area (Å²) in [5.74, 6) is 0.590. The van der Waals surface area contributed by atoms with E-state index in [2.05, 4.69) is 12.2 Å². The molecule has 0 aliphatic carbocycles. The lowest BCUT2D eigenvalue weighted by Gasteiger charge is -2.33. The monoisotopic (exact) mass is 356 g/mol. The molecule has 2 atom stereocenters. The average Bonchev–Trinajstić information content (AvgIpc) is 2.55. The van der Waals surface area contributed by atoms with E-state index in [-0.39, 0.29) is 12.2 Å². The van der Waals surface area contributed by atoms with E-state index in [1.165, 1.54) is 0 Å². The first-order valence-corrected chi connectivity index (χ1v) is 9.76. The van der Waals surface area contributed by atoms with Crippen LogP contribution in [0.5, 0.6) is 0 Å². The standard InChI is InChI=1S/C19H36N2O4/c1-15-14-23-13-8-17(15)20-9-5-12-24-16-6-10-21(11-7-16)18(22)25-19(2,3)4/h15-17,20H,5-14H2,1-4H3. The van der Waals surface area contributed by atoms with Crippen LogP contribution in [0.1, 0.15) is 53.4 Å². The van der Waals surface area contributed by atoms with Gasteiger partial charge in [-0.05, 0) is 58.9 Å². The number of hydrogen-bond acceptors (Lipinski definition) is 5. The third-order valence-corrected chi connectivity index (χ3v) is 4.82. The number of likely N-dealkylation sites (tertiary alicyclic amines) is 1. The smallest absolute Gasteiger partial charge is 0.410 e. The maximum Gasteiger partial charge on any atom is 0.410 e. The number of amides is 1. The Balaban J connectivity index is 1.53. The lowest BCUT2D eigenvalue weighted by Crippen LogP contribution is -2.43. The first-order chi connectivity index (χ1) is 11.8. The van der Waals surface area contributed by atoms with E-state index in [1.807, 2.05) is 20.8 Å². The van der Waals surface area contributed by atoms with Crippen LogP contribution in [0.15, 0.2) is 0 Å². The molecule has 2 saturated heterocycles. The molecular weight excluding hydrogens is 320 g/mol. The Labute approximate surface area is 152 Å². The van der Waals surface area contributed by atoms with Crippen LogP contribution < -0.4 is 5.32 Å². The summed E-state index contributed by atoms with van der Waals surface area (Å²) in [5.41, 5.74) is -0.431. The van der Waals surface area contributed by atoms with Gasteiger partial charge in [0.1, 0.15) is 5.60 Å². The minimum atomic E-state index is -0.431. The molecule has 6 heteroatoms. The molecule has 0 radical (unpaired) electrons. The van der Waals surface area contributed by atoms with E-state index in [9.17, 15) is 4.79 Å². The van der Waals surface area contributed by atoms with Gasteiger partial charge in [0.05, 0.1) is 12.7 Å². The molecule has 0 bridgehead atoms. The number of ether oxygens (including phenoxy) is 3. The van der Waals surface area contributed by atoms with Crippen molar-refractivity contribution in [1.29, 1.82) is 0 Å². The number of piperidine rings is 1. The fourth-order valence-electron chi connectivity index (χ4n) is 3.32. The molecular formula is C19H36N2O4. The molecule has 2 unspecified atom stereocenters. The van der Waals surface area contributed by atoms with Crippen LogP contribution in [0.25, 0.3) is 0 Å². The quantitative estimate of drug-likeness (QED) is 0.742. The van der Waals surface area contributed by atoms with Gasteiger partial charge in [-0.25, -0.2) is 4.79 Å². The Hall–Kier alpha value is -0.850. The highest BCUT2D eigenvalue weighted by Gasteiger charge is 2.27. The van der Waals surface area contributed by atoms with Crippen LogP contribution in [-0.4, -0.2) is 68.2 Å². The summed E-state index contributed by atoms with van der Waals surface area (Å²) in [6.45, 7) is 12.9. The molecule has 0 aromatic heterocycles. The maximum atomic E-state index is 12.0. The van der Waals surface area contributed by atoms with Gasteiger partial charge >= 0.3 is 6.09 Å². The van der Waals surface area contributed by atoms with Crippen molar-refractivity contribution in [2.24, 2.45) is 5.92 Å². The summed E-state index contributed by atoms with van der Waals surface area (Å²) in [6.07, 6.45) is 3.97. The van der Waals surface area contributed by atoms with E-state index >= 15 is 0 Å². The second kappa shape index (κ2) is 9.74. The van der Waals surface area contributed by atoms with Crippen molar-refractivity contribution in [3.8, 4) is 0 Å². The molecule has 2 rings (SSSR count). The van der Waals surface area contributed by atoms with Gasteiger partial charge in [0, 0.05) is 32.3 Å². The second-order valence-electron chi connectivity index (χ2n) is 8.29. The summed E-state index contributed by atoms with van der Waals surface area (Å²) in [4.78, 5) is 13.8. The topological polar surface area (TPSA) is 60.0 Å². The molecule has 2 fully saturated rings. The Morgan fingerprint density at radius 2 is 1.96 bits per heavy atom. The van der Waals surface area contributed by atoms with Gasteiger partial charge in [-0.3, -0.25) is 0 Å². The molecule has 1 N–H and O–H groups in total. The average molecular weight is 357 g/mol. The van der Waals surface area contributed by atoms with Crippen LogP contribution in [0.4, 0.5) is 4.79 Å². The fourth-order valence-corrected chi connectivity index (χ4v) is 3.32. The van der Waals surface area contributed by atoms with Gasteiger partial charge in [0.25, 0.3) is 0 Å². The van der Waals surface area contributed by atoms with Crippen LogP contribution in [0.3, 0.4) is 0 Å². The molecule has 0 aromatic carbocycles. The zero-order valence-electron chi connectivity index (χ0n) is 16.4. The minimum absolute atomic E-state index is 0.208. The van der Waals surface area contributed by atoms with Gasteiger partial charge in [-0.15, -0.1) is 0 Å². The number of carbonyl (C=O) groups is 1. The number of nitrogens with zero attached hydrogens (tertiary/aromatic N) is 1. The van der Waals surface area contributed by atoms with Gasteiger partial charge < -0.3 is 24.4 Å². The summed E-state index contributed by atoms with van der Waals surface area (Å²) in [6, 6.07) is 0.575. The third-order valence-electron chi connectivity index (χ3n) is 4.82. The molecule has 0 spiro atoms. The zero-order valence-corrected chi connectivity index (χ0v) is 16.4. The largest absolute Gasteiger partial charge is 0.444 e. The molecule has 2 aliphatic rings. The Kier molecular flexibility index (Phi) is 7.97. The lowest BCUT2D eigenvalue weighted by molar-refractivity contribution is -0.0122. The summed E-state index contributed by atoms with van der Waals surface area (Å²) >= 11 is 0. The molecule has 2 heterocycles. The normalized spacial score (nSPS) is 25.8. The predicted molar refractivity (Wildman–Crippen MR) is 97.8 cm³/mol. The van der Waals surface area contributed by atoms with Gasteiger partial charge in [0.15, 0.2) is 0 Å². The van der Waals surface area contributed by atoms with Crippen LogP contribution in [0, 0.1) is 5.92 Å². The molecule has 6 nitrogen and oxygen atoms in total. The lowest BCUT2D eigenvalue weighted by atomic mass is 9.98. The van der Waals surface area contributed by atoms with Crippen molar-refractivity contribution >= 4 is 6.09 Å². The van der Waals surface area contributed by atoms with Gasteiger partial charge in [0.2, 0.25) is 0 Å². The minimum Gasteiger partial charge on any atom is -0.444 e. The summed E-state index contributed by atoms with van der Waals surface area (Å²) < 4.78 is 16.9. The van der Waals surface area contributed by atoms with Crippen LogP contribution >= 0.6 is 0 Å². The summed E-state index contributed by atoms with van der Waals surface area (Å²) in [5, 5.41) is 3.62. The SMILES string of the molecule is CC1COCCC1NCCCOC1CCN(C(=O)OC(C)(C)C)CC1. The number of carbonyl (C=O) groups excluding carboxylic acids is 1. The van der Waals surface area contributed by atoms with Crippen molar-refractivity contribution in [2.45, 2.75) is 71.1 Å². The fraction of sp³-hybridized carbons (Fsp3) is 0.947. The van der Waals surface area contributed by atoms with E-state index in [0.29, 0.717) is 12.0 Å². The first kappa shape index (κ1) is 20.5. The Bertz CT molecular complexity index is 403. The predicted octanol–water partition coefficient (Wildman–Crippen LogP) is 2.81. The Morgan fingerprint density at radius 3 is 2.60 bits per heavy atom. The van der Waals surface area contributed by atoms with E-state index in [4.69, 9.17) is 14.2 Å². The van der Waals surface area contributed by atoms with E-state index in [0.717, 1.165) is 65.1 Å². The molecule has 0 aromatic rings. The number of rotatable bonds is 6. The van der Waals surface area contributed by atoms with Gasteiger partial charge in [-0.1, -0.05) is 6.92 Å². The molecule has 146 valence electrons. The highest BCUT2D eigenvalue weighted by atomic mass is 16.6. The van der Waals surface area contributed by atoms with Crippen molar-refractivity contribution in [2.75, 3.05) is 39.5 Å². The van der Waals surface area contributed by atoms with E-state index < -0.39 is 5.60 Å². The molecule has 0 saturated carbocycles. The van der Waals surface area contributed by atoms with Crippen molar-refractivity contribution in [1.82, 2.24) is 10.2 Å². The van der Waals surface area contributed by atoms with Crippen LogP contribution in [0.2, 0.25) is 0 Å². The van der Waals surface area contributed by atoms with E-state index in [1.54, 1.807) is 4.90 Å². The zero-order chi connectivity index (χ0) is 18.3. The molecule has 2 aliphatic heterocycles. The van der Waals surface area contributed by atoms with Crippen molar-refractivity contribution in [3.05, 3.63) is 0 Å². The number of nitrogens with one attached hydrogen (secondary N) is 1. The van der Waals surface area contributed by atoms with Crippen LogP contribution in [-0.2, 0) is 14.2 Å². The van der Waals surface area contributed by atoms with Crippen molar-refractivity contribution in [3.63, 3.8) is 0 Å². The molecule has 1 amide bonds. The Morgan fingerprint density at radius 1 is 1.24 bits per heavy atom. The molecule has 25 heavy (non-hydrogen) atoms. The second-order valence-corrected chi connectivity index (χ2v) is 8.29. The van der Waals surface area contributed by atoms with Crippen molar-refractivity contribution < 1.29 is 19.0 Å². The number of hydrogen-bond donors (Lipinski definition) is 1. The first-order valence-electron chi connectivity index (χ1n) is 9.76. The highest BCUT2D eigenvalue weighted by Crippen LogP contribution is 2.18. The third kappa shape index (κ3) is 7.50. The van der Waals surface area contributed by atoms with Gasteiger partial charge in [-0.2, -0.15) is 0 Å². The summed E-state index contributed by atoms with van der Waals surface area (Å²) in [7, 11) is 0.